The minimum Gasteiger partial charge on any atom is -0.459 e. The first-order valence-electron chi connectivity index (χ1n) is 4.98. The fraction of sp³-hybridized carbons (Fsp3) is 0.182. The summed E-state index contributed by atoms with van der Waals surface area (Å²) >= 11 is 3.37. The lowest BCUT2D eigenvalue weighted by Crippen LogP contribution is -2.04. The molecule has 1 heterocycles. The van der Waals surface area contributed by atoms with Crippen LogP contribution < -0.4 is 0 Å². The van der Waals surface area contributed by atoms with Gasteiger partial charge in [-0.25, -0.2) is 4.79 Å². The van der Waals surface area contributed by atoms with Gasteiger partial charge in [0.1, 0.15) is 0 Å². The van der Waals surface area contributed by atoms with Crippen LogP contribution in [-0.4, -0.2) is 22.7 Å². The molecule has 2 rings (SSSR count). The Labute approximate surface area is 106 Å². The third-order valence-corrected chi connectivity index (χ3v) is 2.68. The molecule has 0 amide bonds. The van der Waals surface area contributed by atoms with Crippen molar-refractivity contribution in [3.63, 3.8) is 0 Å². The van der Waals surface area contributed by atoms with Crippen LogP contribution in [0, 0.1) is 0 Å². The van der Waals surface area contributed by atoms with Gasteiger partial charge in [-0.1, -0.05) is 33.2 Å². The lowest BCUT2D eigenvalue weighted by molar-refractivity contribution is 0.0470. The summed E-state index contributed by atoms with van der Waals surface area (Å²) in [6.07, 6.45) is 0. The number of benzene rings is 1. The average Bonchev–Trinajstić information content (AvgIpc) is 2.79. The Morgan fingerprint density at radius 1 is 1.47 bits per heavy atom. The van der Waals surface area contributed by atoms with Gasteiger partial charge in [0.05, 0.1) is 6.61 Å². The van der Waals surface area contributed by atoms with E-state index in [1.54, 1.807) is 6.92 Å². The molecule has 0 bridgehead atoms. The van der Waals surface area contributed by atoms with Gasteiger partial charge in [0.2, 0.25) is 5.82 Å². The number of esters is 1. The lowest BCUT2D eigenvalue weighted by Gasteiger charge is -1.96. The number of hydrogen-bond acceptors (Lipinski definition) is 5. The van der Waals surface area contributed by atoms with E-state index >= 15 is 0 Å². The molecule has 0 saturated heterocycles. The van der Waals surface area contributed by atoms with E-state index in [1.807, 2.05) is 24.3 Å². The number of hydrogen-bond donors (Lipinski definition) is 0. The number of rotatable bonds is 3. The molecule has 0 N–H and O–H groups in total. The van der Waals surface area contributed by atoms with Crippen molar-refractivity contribution in [3.8, 4) is 11.4 Å². The van der Waals surface area contributed by atoms with Crippen LogP contribution in [0.4, 0.5) is 0 Å². The fourth-order valence-electron chi connectivity index (χ4n) is 1.25. The SMILES string of the molecule is CCOC(=O)c1nc(-c2ccccc2Br)no1. The van der Waals surface area contributed by atoms with E-state index in [1.165, 1.54) is 0 Å². The van der Waals surface area contributed by atoms with E-state index < -0.39 is 5.97 Å². The number of halogens is 1. The zero-order valence-electron chi connectivity index (χ0n) is 9.01. The molecule has 0 spiro atoms. The topological polar surface area (TPSA) is 65.2 Å². The Bertz CT molecular complexity index is 539. The van der Waals surface area contributed by atoms with E-state index in [2.05, 4.69) is 26.1 Å². The van der Waals surface area contributed by atoms with Crippen molar-refractivity contribution < 1.29 is 14.1 Å². The molecule has 5 nitrogen and oxygen atoms in total. The second kappa shape index (κ2) is 5.09. The molecule has 0 atom stereocenters. The molecule has 0 aliphatic heterocycles. The van der Waals surface area contributed by atoms with Crippen LogP contribution in [0.25, 0.3) is 11.4 Å². The van der Waals surface area contributed by atoms with Gasteiger partial charge in [-0.05, 0) is 19.1 Å². The zero-order chi connectivity index (χ0) is 12.3. The van der Waals surface area contributed by atoms with Crippen LogP contribution in [0.3, 0.4) is 0 Å². The summed E-state index contributed by atoms with van der Waals surface area (Å²) in [7, 11) is 0. The smallest absolute Gasteiger partial charge is 0.397 e. The van der Waals surface area contributed by atoms with Crippen LogP contribution in [0.2, 0.25) is 0 Å². The number of ether oxygens (including phenoxy) is 1. The first kappa shape index (κ1) is 11.8. The Kier molecular flexibility index (Phi) is 3.53. The average molecular weight is 297 g/mol. The maximum Gasteiger partial charge on any atom is 0.397 e. The maximum atomic E-state index is 11.3. The Morgan fingerprint density at radius 3 is 2.94 bits per heavy atom. The summed E-state index contributed by atoms with van der Waals surface area (Å²) in [5.74, 6) is -0.406. The van der Waals surface area contributed by atoms with E-state index in [9.17, 15) is 4.79 Å². The minimum absolute atomic E-state index is 0.141. The Balaban J connectivity index is 2.30. The highest BCUT2D eigenvalue weighted by molar-refractivity contribution is 9.10. The summed E-state index contributed by atoms with van der Waals surface area (Å²) in [5, 5.41) is 3.73. The molecule has 6 heteroatoms. The summed E-state index contributed by atoms with van der Waals surface area (Å²) in [4.78, 5) is 15.3. The summed E-state index contributed by atoms with van der Waals surface area (Å²) in [5.41, 5.74) is 0.756. The highest BCUT2D eigenvalue weighted by Crippen LogP contribution is 2.25. The standard InChI is InChI=1S/C11H9BrN2O3/c1-2-16-11(15)10-13-9(14-17-10)7-5-3-4-6-8(7)12/h3-6H,2H2,1H3. The zero-order valence-corrected chi connectivity index (χ0v) is 10.6. The molecule has 0 fully saturated rings. The number of carbonyl (C=O) groups excluding carboxylic acids is 1. The summed E-state index contributed by atoms with van der Waals surface area (Å²) < 4.78 is 10.4. The van der Waals surface area contributed by atoms with Gasteiger partial charge in [0.15, 0.2) is 0 Å². The summed E-state index contributed by atoms with van der Waals surface area (Å²) in [6.45, 7) is 1.98. The van der Waals surface area contributed by atoms with Crippen LogP contribution in [0.1, 0.15) is 17.6 Å². The monoisotopic (exact) mass is 296 g/mol. The van der Waals surface area contributed by atoms with E-state index in [4.69, 9.17) is 9.26 Å². The van der Waals surface area contributed by atoms with Gasteiger partial charge < -0.3 is 9.26 Å². The van der Waals surface area contributed by atoms with Crippen molar-refractivity contribution in [2.45, 2.75) is 6.92 Å². The van der Waals surface area contributed by atoms with Crippen LogP contribution in [0.5, 0.6) is 0 Å². The molecule has 17 heavy (non-hydrogen) atoms. The van der Waals surface area contributed by atoms with Gasteiger partial charge in [-0.3, -0.25) is 0 Å². The molecule has 1 aromatic carbocycles. The predicted octanol–water partition coefficient (Wildman–Crippen LogP) is 2.68. The van der Waals surface area contributed by atoms with Gasteiger partial charge in [0, 0.05) is 10.0 Å². The molecule has 0 saturated carbocycles. The largest absolute Gasteiger partial charge is 0.459 e. The fourth-order valence-corrected chi connectivity index (χ4v) is 1.71. The molecular weight excluding hydrogens is 288 g/mol. The molecule has 0 aliphatic carbocycles. The first-order chi connectivity index (χ1) is 8.22. The lowest BCUT2D eigenvalue weighted by atomic mass is 10.2. The van der Waals surface area contributed by atoms with Crippen molar-refractivity contribution in [2.24, 2.45) is 0 Å². The van der Waals surface area contributed by atoms with Gasteiger partial charge in [-0.2, -0.15) is 4.98 Å². The Morgan fingerprint density at radius 2 is 2.24 bits per heavy atom. The summed E-state index contributed by atoms with van der Waals surface area (Å²) in [6, 6.07) is 7.40. The van der Waals surface area contributed by atoms with Crippen molar-refractivity contribution in [1.29, 1.82) is 0 Å². The number of aromatic nitrogens is 2. The third-order valence-electron chi connectivity index (χ3n) is 1.99. The van der Waals surface area contributed by atoms with Crippen molar-refractivity contribution in [3.05, 3.63) is 34.6 Å². The predicted molar refractivity (Wildman–Crippen MR) is 63.4 cm³/mol. The van der Waals surface area contributed by atoms with Crippen molar-refractivity contribution >= 4 is 21.9 Å². The molecule has 0 unspecified atom stereocenters. The van der Waals surface area contributed by atoms with Gasteiger partial charge >= 0.3 is 11.9 Å². The van der Waals surface area contributed by atoms with Gasteiger partial charge in [0.25, 0.3) is 0 Å². The minimum atomic E-state index is -0.613. The van der Waals surface area contributed by atoms with Crippen molar-refractivity contribution in [2.75, 3.05) is 6.61 Å². The van der Waals surface area contributed by atoms with E-state index in [0.29, 0.717) is 5.82 Å². The van der Waals surface area contributed by atoms with Crippen LogP contribution >= 0.6 is 15.9 Å². The first-order valence-corrected chi connectivity index (χ1v) is 5.77. The highest BCUT2D eigenvalue weighted by atomic mass is 79.9. The second-order valence-corrected chi connectivity index (χ2v) is 3.98. The maximum absolute atomic E-state index is 11.3. The van der Waals surface area contributed by atoms with Crippen LogP contribution in [-0.2, 0) is 4.74 Å². The van der Waals surface area contributed by atoms with Gasteiger partial charge in [-0.15, -0.1) is 0 Å². The Hall–Kier alpha value is -1.69. The van der Waals surface area contributed by atoms with E-state index in [0.717, 1.165) is 10.0 Å². The number of nitrogens with zero attached hydrogens (tertiary/aromatic N) is 2. The molecule has 1 aromatic heterocycles. The second-order valence-electron chi connectivity index (χ2n) is 3.12. The molecule has 88 valence electrons. The molecule has 2 aromatic rings. The van der Waals surface area contributed by atoms with Crippen molar-refractivity contribution in [1.82, 2.24) is 10.1 Å². The molecule has 0 aliphatic rings. The molecular formula is C11H9BrN2O3. The van der Waals surface area contributed by atoms with Crippen LogP contribution in [0.15, 0.2) is 33.3 Å². The third kappa shape index (κ3) is 2.52. The normalized spacial score (nSPS) is 10.2. The highest BCUT2D eigenvalue weighted by Gasteiger charge is 2.17. The molecule has 0 radical (unpaired) electrons. The quantitative estimate of drug-likeness (QED) is 0.815. The number of carbonyl (C=O) groups is 1. The van der Waals surface area contributed by atoms with E-state index in [-0.39, 0.29) is 12.5 Å².